The molecule has 1 saturated heterocycles. The first-order valence-electron chi connectivity index (χ1n) is 6.79. The maximum absolute atomic E-state index is 8.59. The van der Waals surface area contributed by atoms with E-state index < -0.39 is 0 Å². The molecule has 0 N–H and O–H groups in total. The molecule has 0 aromatic carbocycles. The van der Waals surface area contributed by atoms with E-state index in [1.807, 2.05) is 6.92 Å². The normalized spacial score (nSPS) is 22.1. The van der Waals surface area contributed by atoms with Crippen LogP contribution in [0.1, 0.15) is 50.4 Å². The minimum atomic E-state index is -0.102. The Balaban J connectivity index is 1.98. The van der Waals surface area contributed by atoms with Crippen molar-refractivity contribution in [3.05, 3.63) is 11.7 Å². The van der Waals surface area contributed by atoms with Gasteiger partial charge in [-0.25, -0.2) is 0 Å². The molecule has 2 heterocycles. The fourth-order valence-corrected chi connectivity index (χ4v) is 2.13. The molecule has 6 heteroatoms. The van der Waals surface area contributed by atoms with Crippen LogP contribution >= 0.6 is 0 Å². The molecule has 0 bridgehead atoms. The zero-order valence-electron chi connectivity index (χ0n) is 11.5. The summed E-state index contributed by atoms with van der Waals surface area (Å²) in [7, 11) is 0. The first-order valence-corrected chi connectivity index (χ1v) is 6.79. The van der Waals surface area contributed by atoms with E-state index in [0.717, 1.165) is 26.1 Å². The summed E-state index contributed by atoms with van der Waals surface area (Å²) in [6.45, 7) is 7.59. The highest BCUT2D eigenvalue weighted by Gasteiger charge is 2.26. The molecule has 104 valence electrons. The molecule has 6 nitrogen and oxygen atoms in total. The van der Waals surface area contributed by atoms with E-state index in [1.54, 1.807) is 0 Å². The molecule has 2 unspecified atom stereocenters. The van der Waals surface area contributed by atoms with Crippen molar-refractivity contribution in [3.8, 4) is 6.07 Å². The second-order valence-electron chi connectivity index (χ2n) is 4.84. The van der Waals surface area contributed by atoms with Gasteiger partial charge in [0.2, 0.25) is 11.7 Å². The average Bonchev–Trinajstić information content (AvgIpc) is 2.94. The van der Waals surface area contributed by atoms with E-state index in [0.29, 0.717) is 24.7 Å². The van der Waals surface area contributed by atoms with Crippen LogP contribution in [0, 0.1) is 11.3 Å². The molecule has 0 spiro atoms. The quantitative estimate of drug-likeness (QED) is 0.808. The van der Waals surface area contributed by atoms with Crippen LogP contribution in [0.5, 0.6) is 0 Å². The molecule has 1 fully saturated rings. The Labute approximate surface area is 113 Å². The number of likely N-dealkylation sites (N-methyl/N-ethyl adjacent to an activating group) is 1. The second kappa shape index (κ2) is 6.64. The molecule has 1 aliphatic rings. The van der Waals surface area contributed by atoms with Crippen LogP contribution in [0.15, 0.2) is 4.52 Å². The number of hydrogen-bond acceptors (Lipinski definition) is 6. The third kappa shape index (κ3) is 3.52. The highest BCUT2D eigenvalue weighted by atomic mass is 16.5. The van der Waals surface area contributed by atoms with Gasteiger partial charge < -0.3 is 9.26 Å². The number of rotatable bonds is 5. The van der Waals surface area contributed by atoms with E-state index in [2.05, 4.69) is 28.0 Å². The van der Waals surface area contributed by atoms with Crippen molar-refractivity contribution in [3.63, 3.8) is 0 Å². The first kappa shape index (κ1) is 14.0. The summed E-state index contributed by atoms with van der Waals surface area (Å²) < 4.78 is 11.0. The summed E-state index contributed by atoms with van der Waals surface area (Å²) >= 11 is 0. The Bertz CT molecular complexity index is 440. The van der Waals surface area contributed by atoms with Gasteiger partial charge in [-0.3, -0.25) is 4.90 Å². The Kier molecular flexibility index (Phi) is 4.88. The summed E-state index contributed by atoms with van der Waals surface area (Å²) in [5.74, 6) is 1.34. The topological polar surface area (TPSA) is 75.2 Å². The van der Waals surface area contributed by atoms with Gasteiger partial charge >= 0.3 is 0 Å². The van der Waals surface area contributed by atoms with Crippen molar-refractivity contribution in [2.45, 2.75) is 38.7 Å². The van der Waals surface area contributed by atoms with Crippen LogP contribution < -0.4 is 0 Å². The molecule has 19 heavy (non-hydrogen) atoms. The zero-order chi connectivity index (χ0) is 13.7. The Hall–Kier alpha value is -1.45. The molecule has 0 radical (unpaired) electrons. The number of hydrogen-bond donors (Lipinski definition) is 0. The average molecular weight is 264 g/mol. The van der Waals surface area contributed by atoms with E-state index in [1.165, 1.54) is 0 Å². The van der Waals surface area contributed by atoms with Gasteiger partial charge in [-0.05, 0) is 13.0 Å². The van der Waals surface area contributed by atoms with Gasteiger partial charge in [-0.15, -0.1) is 0 Å². The number of nitrogens with zero attached hydrogens (tertiary/aromatic N) is 4. The first-order chi connectivity index (χ1) is 9.24. The summed E-state index contributed by atoms with van der Waals surface area (Å²) in [5.41, 5.74) is 0. The van der Waals surface area contributed by atoms with Crippen molar-refractivity contribution in [2.24, 2.45) is 0 Å². The van der Waals surface area contributed by atoms with Crippen molar-refractivity contribution in [1.29, 1.82) is 5.26 Å². The van der Waals surface area contributed by atoms with E-state index in [4.69, 9.17) is 14.5 Å². The fourth-order valence-electron chi connectivity index (χ4n) is 2.13. The second-order valence-corrected chi connectivity index (χ2v) is 4.84. The van der Waals surface area contributed by atoms with Gasteiger partial charge in [0.1, 0.15) is 6.10 Å². The molecule has 1 aromatic rings. The summed E-state index contributed by atoms with van der Waals surface area (Å²) in [4.78, 5) is 6.73. The Morgan fingerprint density at radius 1 is 1.58 bits per heavy atom. The van der Waals surface area contributed by atoms with E-state index >= 15 is 0 Å². The minimum Gasteiger partial charge on any atom is -0.367 e. The zero-order valence-corrected chi connectivity index (χ0v) is 11.5. The molecular weight excluding hydrogens is 244 g/mol. The molecule has 1 aliphatic heterocycles. The van der Waals surface area contributed by atoms with Crippen molar-refractivity contribution < 1.29 is 9.26 Å². The molecule has 2 atom stereocenters. The highest BCUT2D eigenvalue weighted by Crippen LogP contribution is 2.23. The monoisotopic (exact) mass is 264 g/mol. The van der Waals surface area contributed by atoms with Crippen LogP contribution in [-0.4, -0.2) is 41.3 Å². The lowest BCUT2D eigenvalue weighted by Crippen LogP contribution is -2.38. The van der Waals surface area contributed by atoms with Crippen molar-refractivity contribution in [1.82, 2.24) is 15.0 Å². The molecule has 0 aliphatic carbocycles. The predicted octanol–water partition coefficient (Wildman–Crippen LogP) is 1.87. The van der Waals surface area contributed by atoms with Gasteiger partial charge in [0.05, 0.1) is 12.7 Å². The van der Waals surface area contributed by atoms with E-state index in [-0.39, 0.29) is 12.0 Å². The van der Waals surface area contributed by atoms with Gasteiger partial charge in [0.15, 0.2) is 0 Å². The number of aromatic nitrogens is 2. The number of ether oxygens (including phenoxy) is 1. The third-order valence-corrected chi connectivity index (χ3v) is 3.45. The van der Waals surface area contributed by atoms with Crippen molar-refractivity contribution >= 4 is 0 Å². The Morgan fingerprint density at radius 3 is 3.16 bits per heavy atom. The van der Waals surface area contributed by atoms with Crippen LogP contribution in [0.2, 0.25) is 0 Å². The van der Waals surface area contributed by atoms with Gasteiger partial charge in [-0.1, -0.05) is 19.0 Å². The summed E-state index contributed by atoms with van der Waals surface area (Å²) in [6.07, 6.45) is 1.14. The van der Waals surface area contributed by atoms with Crippen LogP contribution in [-0.2, 0) is 4.74 Å². The molecule has 1 aromatic heterocycles. The third-order valence-electron chi connectivity index (χ3n) is 3.45. The Morgan fingerprint density at radius 2 is 2.42 bits per heavy atom. The standard InChI is InChI=1S/C13H20N4O2/c1-3-17-7-8-18-11(9-17)12-15-13(19-16-12)10(2)5-4-6-14/h10-11H,3-5,7-9H2,1-2H3. The SMILES string of the molecule is CCN1CCOC(c2noc(C(C)CCC#N)n2)C1. The van der Waals surface area contributed by atoms with E-state index in [9.17, 15) is 0 Å². The molecule has 0 saturated carbocycles. The van der Waals surface area contributed by atoms with Gasteiger partial charge in [0.25, 0.3) is 0 Å². The van der Waals surface area contributed by atoms with Crippen LogP contribution in [0.4, 0.5) is 0 Å². The maximum atomic E-state index is 8.59. The largest absolute Gasteiger partial charge is 0.367 e. The maximum Gasteiger partial charge on any atom is 0.229 e. The van der Waals surface area contributed by atoms with Gasteiger partial charge in [-0.2, -0.15) is 10.2 Å². The lowest BCUT2D eigenvalue weighted by Gasteiger charge is -2.30. The minimum absolute atomic E-state index is 0.102. The number of morpholine rings is 1. The summed E-state index contributed by atoms with van der Waals surface area (Å²) in [6, 6.07) is 2.13. The smallest absolute Gasteiger partial charge is 0.229 e. The fraction of sp³-hybridized carbons (Fsp3) is 0.769. The summed E-state index contributed by atoms with van der Waals surface area (Å²) in [5, 5.41) is 12.6. The molecular formula is C13H20N4O2. The van der Waals surface area contributed by atoms with Gasteiger partial charge in [0, 0.05) is 25.4 Å². The molecule has 0 amide bonds. The van der Waals surface area contributed by atoms with Crippen molar-refractivity contribution in [2.75, 3.05) is 26.2 Å². The molecule has 2 rings (SSSR count). The lowest BCUT2D eigenvalue weighted by molar-refractivity contribution is -0.0334. The van der Waals surface area contributed by atoms with Crippen LogP contribution in [0.3, 0.4) is 0 Å². The number of nitriles is 1. The predicted molar refractivity (Wildman–Crippen MR) is 68.4 cm³/mol. The van der Waals surface area contributed by atoms with Crippen LogP contribution in [0.25, 0.3) is 0 Å². The lowest BCUT2D eigenvalue weighted by atomic mass is 10.1. The highest BCUT2D eigenvalue weighted by molar-refractivity contribution is 4.98.